The Balaban J connectivity index is 2.20. The van der Waals surface area contributed by atoms with Gasteiger partial charge in [0.05, 0.1) is 30.7 Å². The molecule has 0 aliphatic carbocycles. The molecule has 3 aromatic rings. The SMILES string of the molecule is CCC(CO)c1cn(C)c2nc(-c3ccc(C(C)C)nc3OC)c(C)nc12. The second kappa shape index (κ2) is 7.64. The number of fused-ring (bicyclic) bond motifs is 1. The van der Waals surface area contributed by atoms with Crippen molar-refractivity contribution in [2.24, 2.45) is 7.05 Å². The molecule has 27 heavy (non-hydrogen) atoms. The van der Waals surface area contributed by atoms with E-state index in [1.165, 1.54) is 0 Å². The lowest BCUT2D eigenvalue weighted by Gasteiger charge is -2.13. The van der Waals surface area contributed by atoms with Crippen molar-refractivity contribution in [1.29, 1.82) is 0 Å². The smallest absolute Gasteiger partial charge is 0.222 e. The Morgan fingerprint density at radius 1 is 1.19 bits per heavy atom. The number of methoxy groups -OCH3 is 1. The highest BCUT2D eigenvalue weighted by atomic mass is 16.5. The van der Waals surface area contributed by atoms with E-state index in [0.29, 0.717) is 11.8 Å². The van der Waals surface area contributed by atoms with Crippen molar-refractivity contribution in [3.05, 3.63) is 35.3 Å². The molecule has 1 N–H and O–H groups in total. The van der Waals surface area contributed by atoms with E-state index in [-0.39, 0.29) is 12.5 Å². The molecule has 6 nitrogen and oxygen atoms in total. The number of aliphatic hydroxyl groups is 1. The zero-order valence-electron chi connectivity index (χ0n) is 16.9. The summed E-state index contributed by atoms with van der Waals surface area (Å²) < 4.78 is 7.52. The highest BCUT2D eigenvalue weighted by Gasteiger charge is 2.21. The molecule has 1 atom stereocenters. The number of hydrogen-bond donors (Lipinski definition) is 1. The van der Waals surface area contributed by atoms with Gasteiger partial charge in [-0.3, -0.25) is 0 Å². The van der Waals surface area contributed by atoms with Crippen LogP contribution < -0.4 is 4.74 Å². The molecule has 0 saturated carbocycles. The Hall–Kier alpha value is -2.47. The van der Waals surface area contributed by atoms with Gasteiger partial charge in [-0.25, -0.2) is 15.0 Å². The molecule has 1 unspecified atom stereocenters. The summed E-state index contributed by atoms with van der Waals surface area (Å²) in [5, 5.41) is 9.71. The molecule has 0 bridgehead atoms. The number of aryl methyl sites for hydroxylation is 2. The topological polar surface area (TPSA) is 73.1 Å². The van der Waals surface area contributed by atoms with Gasteiger partial charge in [0.25, 0.3) is 0 Å². The van der Waals surface area contributed by atoms with Crippen LogP contribution in [0.5, 0.6) is 5.88 Å². The maximum atomic E-state index is 9.71. The van der Waals surface area contributed by atoms with Gasteiger partial charge in [0, 0.05) is 30.4 Å². The van der Waals surface area contributed by atoms with Crippen molar-refractivity contribution in [1.82, 2.24) is 19.5 Å². The van der Waals surface area contributed by atoms with Crippen molar-refractivity contribution >= 4 is 11.2 Å². The molecule has 0 saturated heterocycles. The first-order chi connectivity index (χ1) is 12.9. The molecular formula is C21H28N4O2. The molecule has 0 fully saturated rings. The molecule has 0 amide bonds. The fourth-order valence-electron chi connectivity index (χ4n) is 3.39. The summed E-state index contributed by atoms with van der Waals surface area (Å²) in [4.78, 5) is 14.4. The van der Waals surface area contributed by atoms with Gasteiger partial charge < -0.3 is 14.4 Å². The fourth-order valence-corrected chi connectivity index (χ4v) is 3.39. The Bertz CT molecular complexity index is 958. The van der Waals surface area contributed by atoms with E-state index < -0.39 is 0 Å². The van der Waals surface area contributed by atoms with Crippen molar-refractivity contribution in [3.63, 3.8) is 0 Å². The monoisotopic (exact) mass is 368 g/mol. The lowest BCUT2D eigenvalue weighted by molar-refractivity contribution is 0.263. The van der Waals surface area contributed by atoms with E-state index >= 15 is 0 Å². The minimum Gasteiger partial charge on any atom is -0.480 e. The van der Waals surface area contributed by atoms with Gasteiger partial charge in [0.1, 0.15) is 5.52 Å². The van der Waals surface area contributed by atoms with E-state index in [2.05, 4.69) is 25.8 Å². The van der Waals surface area contributed by atoms with Crippen molar-refractivity contribution < 1.29 is 9.84 Å². The number of rotatable bonds is 6. The summed E-state index contributed by atoms with van der Waals surface area (Å²) >= 11 is 0. The van der Waals surface area contributed by atoms with E-state index in [4.69, 9.17) is 14.7 Å². The number of pyridine rings is 1. The predicted molar refractivity (Wildman–Crippen MR) is 107 cm³/mol. The van der Waals surface area contributed by atoms with Crippen LogP contribution in [0.2, 0.25) is 0 Å². The van der Waals surface area contributed by atoms with Crippen LogP contribution in [0, 0.1) is 6.92 Å². The van der Waals surface area contributed by atoms with Crippen molar-refractivity contribution in [2.45, 2.75) is 46.0 Å². The summed E-state index contributed by atoms with van der Waals surface area (Å²) in [7, 11) is 3.59. The third kappa shape index (κ3) is 3.41. The number of ether oxygens (including phenoxy) is 1. The predicted octanol–water partition coefficient (Wildman–Crippen LogP) is 3.96. The molecule has 144 valence electrons. The first kappa shape index (κ1) is 19.3. The number of aromatic nitrogens is 4. The molecular weight excluding hydrogens is 340 g/mol. The van der Waals surface area contributed by atoms with Gasteiger partial charge >= 0.3 is 0 Å². The van der Waals surface area contributed by atoms with Crippen LogP contribution in [0.3, 0.4) is 0 Å². The summed E-state index contributed by atoms with van der Waals surface area (Å²) in [6, 6.07) is 4.03. The van der Waals surface area contributed by atoms with Gasteiger partial charge in [0.15, 0.2) is 5.65 Å². The minimum atomic E-state index is 0.0646. The van der Waals surface area contributed by atoms with Crippen LogP contribution in [0.1, 0.15) is 56.0 Å². The van der Waals surface area contributed by atoms with Gasteiger partial charge in [0.2, 0.25) is 5.88 Å². The number of aliphatic hydroxyl groups excluding tert-OH is 1. The molecule has 0 aliphatic heterocycles. The normalized spacial score (nSPS) is 12.7. The van der Waals surface area contributed by atoms with E-state index in [1.54, 1.807) is 7.11 Å². The lowest BCUT2D eigenvalue weighted by Crippen LogP contribution is -2.04. The largest absolute Gasteiger partial charge is 0.480 e. The van der Waals surface area contributed by atoms with Crippen molar-refractivity contribution in [2.75, 3.05) is 13.7 Å². The zero-order chi connectivity index (χ0) is 19.7. The molecule has 0 aromatic carbocycles. The second-order valence-corrected chi connectivity index (χ2v) is 7.26. The highest BCUT2D eigenvalue weighted by molar-refractivity contribution is 5.81. The molecule has 0 radical (unpaired) electrons. The quantitative estimate of drug-likeness (QED) is 0.713. The molecule has 3 heterocycles. The van der Waals surface area contributed by atoms with Crippen LogP contribution in [0.15, 0.2) is 18.3 Å². The maximum absolute atomic E-state index is 9.71. The third-order valence-electron chi connectivity index (χ3n) is 5.07. The van der Waals surface area contributed by atoms with Crippen LogP contribution >= 0.6 is 0 Å². The Morgan fingerprint density at radius 2 is 1.93 bits per heavy atom. The Morgan fingerprint density at radius 3 is 2.52 bits per heavy atom. The van der Waals surface area contributed by atoms with Crippen molar-refractivity contribution in [3.8, 4) is 17.1 Å². The van der Waals surface area contributed by atoms with Crippen LogP contribution in [-0.4, -0.2) is 38.3 Å². The lowest BCUT2D eigenvalue weighted by atomic mass is 9.99. The summed E-state index contributed by atoms with van der Waals surface area (Å²) in [5.74, 6) is 0.950. The average Bonchev–Trinajstić information content (AvgIpc) is 2.97. The zero-order valence-corrected chi connectivity index (χ0v) is 16.9. The first-order valence-corrected chi connectivity index (χ1v) is 9.40. The first-order valence-electron chi connectivity index (χ1n) is 9.40. The third-order valence-corrected chi connectivity index (χ3v) is 5.07. The maximum Gasteiger partial charge on any atom is 0.222 e. The minimum absolute atomic E-state index is 0.0646. The molecule has 6 heteroatoms. The van der Waals surface area contributed by atoms with E-state index in [9.17, 15) is 5.11 Å². The summed E-state index contributed by atoms with van der Waals surface area (Å²) in [5.41, 5.74) is 6.10. The van der Waals surface area contributed by atoms with Gasteiger partial charge in [-0.2, -0.15) is 0 Å². The second-order valence-electron chi connectivity index (χ2n) is 7.26. The van der Waals surface area contributed by atoms with Gasteiger partial charge in [-0.1, -0.05) is 20.8 Å². The Kier molecular flexibility index (Phi) is 5.46. The average molecular weight is 368 g/mol. The standard InChI is InChI=1S/C21H28N4O2/c1-7-14(11-26)16-10-25(5)20-19(16)22-13(4)18(24-20)15-8-9-17(12(2)3)23-21(15)27-6/h8-10,12,14,26H,7,11H2,1-6H3. The van der Waals surface area contributed by atoms with E-state index in [0.717, 1.165) is 45.8 Å². The molecule has 3 rings (SSSR count). The number of nitrogens with zero attached hydrogens (tertiary/aromatic N) is 4. The number of hydrogen-bond acceptors (Lipinski definition) is 5. The van der Waals surface area contributed by atoms with E-state index in [1.807, 2.05) is 36.9 Å². The van der Waals surface area contributed by atoms with Crippen LogP contribution in [0.4, 0.5) is 0 Å². The molecule has 0 spiro atoms. The Labute approximate surface area is 160 Å². The fraction of sp³-hybridized carbons (Fsp3) is 0.476. The van der Waals surface area contributed by atoms with Gasteiger partial charge in [-0.05, 0) is 31.4 Å². The highest BCUT2D eigenvalue weighted by Crippen LogP contribution is 2.34. The van der Waals surface area contributed by atoms with Crippen LogP contribution in [0.25, 0.3) is 22.4 Å². The van der Waals surface area contributed by atoms with Gasteiger partial charge in [-0.15, -0.1) is 0 Å². The molecule has 0 aliphatic rings. The van der Waals surface area contributed by atoms with Crippen LogP contribution in [-0.2, 0) is 7.05 Å². The summed E-state index contributed by atoms with van der Waals surface area (Å²) in [6.45, 7) is 8.34. The molecule has 3 aromatic heterocycles. The summed E-state index contributed by atoms with van der Waals surface area (Å²) in [6.07, 6.45) is 2.88.